The number of halogens is 1. The van der Waals surface area contributed by atoms with Gasteiger partial charge in [-0.3, -0.25) is 0 Å². The van der Waals surface area contributed by atoms with Gasteiger partial charge in [-0.15, -0.1) is 0 Å². The van der Waals surface area contributed by atoms with E-state index in [4.69, 9.17) is 9.94 Å². The summed E-state index contributed by atoms with van der Waals surface area (Å²) in [7, 11) is 1.67. The fourth-order valence-electron chi connectivity index (χ4n) is 2.41. The first-order valence-corrected chi connectivity index (χ1v) is 5.71. The number of methoxy groups -OCH3 is 1. The number of nitrogens with zero attached hydrogens (tertiary/aromatic N) is 1. The van der Waals surface area contributed by atoms with Crippen LogP contribution >= 0.6 is 0 Å². The largest absolute Gasteiger partial charge is 0.411 e. The van der Waals surface area contributed by atoms with Crippen molar-refractivity contribution in [3.63, 3.8) is 0 Å². The molecule has 0 aliphatic heterocycles. The summed E-state index contributed by atoms with van der Waals surface area (Å²) in [5.74, 6) is -0.242. The second-order valence-corrected chi connectivity index (χ2v) is 4.37. The highest BCUT2D eigenvalue weighted by Gasteiger charge is 2.35. The monoisotopic (exact) mass is 237 g/mol. The quantitative estimate of drug-likeness (QED) is 0.634. The molecule has 1 aromatic carbocycles. The third-order valence-corrected chi connectivity index (χ3v) is 3.54. The lowest BCUT2D eigenvalue weighted by molar-refractivity contribution is -0.0318. The molecule has 2 rings (SSSR count). The maximum atomic E-state index is 12.9. The van der Waals surface area contributed by atoms with Gasteiger partial charge in [0.25, 0.3) is 0 Å². The van der Waals surface area contributed by atoms with Crippen LogP contribution in [-0.2, 0) is 10.3 Å². The van der Waals surface area contributed by atoms with E-state index in [1.807, 2.05) is 0 Å². The van der Waals surface area contributed by atoms with E-state index >= 15 is 0 Å². The Morgan fingerprint density at radius 2 is 1.82 bits per heavy atom. The number of ether oxygens (including phenoxy) is 1. The summed E-state index contributed by atoms with van der Waals surface area (Å²) in [5, 5.41) is 12.0. The first-order chi connectivity index (χ1) is 8.20. The molecule has 1 aliphatic carbocycles. The second-order valence-electron chi connectivity index (χ2n) is 4.37. The smallest absolute Gasteiger partial charge is 0.123 e. The molecule has 0 amide bonds. The predicted molar refractivity (Wildman–Crippen MR) is 62.8 cm³/mol. The Morgan fingerprint density at radius 3 is 2.29 bits per heavy atom. The highest BCUT2D eigenvalue weighted by molar-refractivity contribution is 5.84. The van der Waals surface area contributed by atoms with Crippen LogP contribution in [0.5, 0.6) is 0 Å². The first-order valence-electron chi connectivity index (χ1n) is 5.71. The summed E-state index contributed by atoms with van der Waals surface area (Å²) in [4.78, 5) is 0. The molecule has 1 aliphatic rings. The van der Waals surface area contributed by atoms with Crippen LogP contribution < -0.4 is 0 Å². The molecule has 1 N–H and O–H groups in total. The summed E-state index contributed by atoms with van der Waals surface area (Å²) in [5.41, 5.74) is 1.42. The molecule has 1 fully saturated rings. The van der Waals surface area contributed by atoms with Crippen molar-refractivity contribution < 1.29 is 14.3 Å². The topological polar surface area (TPSA) is 41.8 Å². The Bertz CT molecular complexity index is 404. The summed E-state index contributed by atoms with van der Waals surface area (Å²) >= 11 is 0. The van der Waals surface area contributed by atoms with Gasteiger partial charge in [-0.1, -0.05) is 17.3 Å². The molecular weight excluding hydrogens is 221 g/mol. The van der Waals surface area contributed by atoms with Crippen LogP contribution in [0.2, 0.25) is 0 Å². The molecule has 0 bridgehead atoms. The number of benzene rings is 1. The molecule has 0 radical (unpaired) electrons. The molecule has 0 spiro atoms. The maximum Gasteiger partial charge on any atom is 0.123 e. The van der Waals surface area contributed by atoms with Gasteiger partial charge in [0.1, 0.15) is 5.82 Å². The highest BCUT2D eigenvalue weighted by atomic mass is 19.1. The van der Waals surface area contributed by atoms with Gasteiger partial charge in [-0.05, 0) is 43.4 Å². The van der Waals surface area contributed by atoms with Crippen LogP contribution in [0.25, 0.3) is 0 Å². The molecular formula is C13H16FNO2. The average Bonchev–Trinajstić information content (AvgIpc) is 2.40. The fraction of sp³-hybridized carbons (Fsp3) is 0.462. The molecule has 0 atom stereocenters. The van der Waals surface area contributed by atoms with Crippen molar-refractivity contribution in [3.8, 4) is 0 Å². The van der Waals surface area contributed by atoms with Crippen molar-refractivity contribution >= 4 is 5.71 Å². The van der Waals surface area contributed by atoms with Gasteiger partial charge >= 0.3 is 0 Å². The molecule has 0 heterocycles. The van der Waals surface area contributed by atoms with Crippen molar-refractivity contribution in [1.82, 2.24) is 0 Å². The van der Waals surface area contributed by atoms with Crippen LogP contribution in [0.15, 0.2) is 29.4 Å². The molecule has 0 aromatic heterocycles. The molecule has 17 heavy (non-hydrogen) atoms. The highest BCUT2D eigenvalue weighted by Crippen LogP contribution is 2.39. The zero-order chi connectivity index (χ0) is 12.3. The van der Waals surface area contributed by atoms with Gasteiger partial charge in [0, 0.05) is 7.11 Å². The second kappa shape index (κ2) is 4.84. The van der Waals surface area contributed by atoms with Crippen LogP contribution in [-0.4, -0.2) is 18.0 Å². The van der Waals surface area contributed by atoms with E-state index in [2.05, 4.69) is 5.16 Å². The number of rotatable bonds is 2. The van der Waals surface area contributed by atoms with Gasteiger partial charge < -0.3 is 9.94 Å². The van der Waals surface area contributed by atoms with Gasteiger partial charge in [0.2, 0.25) is 0 Å². The summed E-state index contributed by atoms with van der Waals surface area (Å²) in [6, 6.07) is 6.43. The minimum absolute atomic E-state index is 0.242. The van der Waals surface area contributed by atoms with Gasteiger partial charge in [-0.2, -0.15) is 0 Å². The van der Waals surface area contributed by atoms with Gasteiger partial charge in [0.05, 0.1) is 11.3 Å². The van der Waals surface area contributed by atoms with Crippen LogP contribution in [0.4, 0.5) is 4.39 Å². The zero-order valence-electron chi connectivity index (χ0n) is 9.82. The SMILES string of the molecule is COC1(c2ccc(F)cc2)CCC(=NO)CC1. The summed E-state index contributed by atoms with van der Waals surface area (Å²) in [6.45, 7) is 0. The molecule has 3 nitrogen and oxygen atoms in total. The minimum Gasteiger partial charge on any atom is -0.411 e. The number of hydrogen-bond donors (Lipinski definition) is 1. The van der Waals surface area contributed by atoms with E-state index < -0.39 is 0 Å². The lowest BCUT2D eigenvalue weighted by atomic mass is 9.78. The van der Waals surface area contributed by atoms with Crippen LogP contribution in [0.1, 0.15) is 31.2 Å². The first kappa shape index (κ1) is 12.0. The lowest BCUT2D eigenvalue weighted by Crippen LogP contribution is -2.33. The van der Waals surface area contributed by atoms with E-state index in [-0.39, 0.29) is 11.4 Å². The van der Waals surface area contributed by atoms with Crippen molar-refractivity contribution in [1.29, 1.82) is 0 Å². The predicted octanol–water partition coefficient (Wildman–Crippen LogP) is 3.07. The Balaban J connectivity index is 2.24. The molecule has 1 saturated carbocycles. The number of hydrogen-bond acceptors (Lipinski definition) is 3. The van der Waals surface area contributed by atoms with Crippen molar-refractivity contribution in [2.24, 2.45) is 5.16 Å². The van der Waals surface area contributed by atoms with Gasteiger partial charge in [-0.25, -0.2) is 4.39 Å². The Morgan fingerprint density at radius 1 is 1.24 bits per heavy atom. The normalized spacial score (nSPS) is 24.7. The van der Waals surface area contributed by atoms with Crippen LogP contribution in [0, 0.1) is 5.82 Å². The Hall–Kier alpha value is -1.42. The fourth-order valence-corrected chi connectivity index (χ4v) is 2.41. The standard InChI is InChI=1S/C13H16FNO2/c1-17-13(8-6-12(15-16)7-9-13)10-2-4-11(14)5-3-10/h2-5,16H,6-9H2,1H3. The van der Waals surface area contributed by atoms with Crippen molar-refractivity contribution in [2.45, 2.75) is 31.3 Å². The molecule has 4 heteroatoms. The third kappa shape index (κ3) is 2.31. The molecule has 0 unspecified atom stereocenters. The van der Waals surface area contributed by atoms with Gasteiger partial charge in [0.15, 0.2) is 0 Å². The third-order valence-electron chi connectivity index (χ3n) is 3.54. The summed E-state index contributed by atoms with van der Waals surface area (Å²) < 4.78 is 18.5. The van der Waals surface area contributed by atoms with Crippen molar-refractivity contribution in [2.75, 3.05) is 7.11 Å². The van der Waals surface area contributed by atoms with E-state index in [0.29, 0.717) is 12.8 Å². The molecule has 0 saturated heterocycles. The Labute approximate surface area is 99.9 Å². The molecule has 1 aromatic rings. The molecule has 92 valence electrons. The minimum atomic E-state index is -0.373. The van der Waals surface area contributed by atoms with Crippen molar-refractivity contribution in [3.05, 3.63) is 35.6 Å². The summed E-state index contributed by atoms with van der Waals surface area (Å²) in [6.07, 6.45) is 2.94. The average molecular weight is 237 g/mol. The number of oxime groups is 1. The van der Waals surface area contributed by atoms with E-state index in [1.165, 1.54) is 12.1 Å². The van der Waals surface area contributed by atoms with E-state index in [1.54, 1.807) is 19.2 Å². The maximum absolute atomic E-state index is 12.9. The lowest BCUT2D eigenvalue weighted by Gasteiger charge is -2.36. The van der Waals surface area contributed by atoms with E-state index in [9.17, 15) is 4.39 Å². The van der Waals surface area contributed by atoms with E-state index in [0.717, 1.165) is 24.1 Å². The van der Waals surface area contributed by atoms with Crippen LogP contribution in [0.3, 0.4) is 0 Å². The zero-order valence-corrected chi connectivity index (χ0v) is 9.82. The Kier molecular flexibility index (Phi) is 3.43.